The van der Waals surface area contributed by atoms with E-state index >= 15 is 0 Å². The van der Waals surface area contributed by atoms with E-state index < -0.39 is 16.1 Å². The van der Waals surface area contributed by atoms with Gasteiger partial charge in [-0.3, -0.25) is 0 Å². The van der Waals surface area contributed by atoms with Gasteiger partial charge in [-0.25, -0.2) is 4.39 Å². The van der Waals surface area contributed by atoms with E-state index in [1.165, 1.54) is 24.3 Å². The molecule has 0 bridgehead atoms. The second-order valence-corrected chi connectivity index (χ2v) is 8.43. The molecule has 0 amide bonds. The summed E-state index contributed by atoms with van der Waals surface area (Å²) in [6, 6.07) is 20.8. The summed E-state index contributed by atoms with van der Waals surface area (Å²) in [5.74, 6) is 0.330. The number of sulfonamides is 1. The number of benzene rings is 3. The number of methoxy groups -OCH3 is 1. The maximum atomic E-state index is 13.4. The second kappa shape index (κ2) is 7.67. The van der Waals surface area contributed by atoms with Gasteiger partial charge in [0.2, 0.25) is 0 Å². The molecule has 1 heterocycles. The van der Waals surface area contributed by atoms with Crippen molar-refractivity contribution in [2.24, 2.45) is 5.10 Å². The van der Waals surface area contributed by atoms with Crippen LogP contribution in [-0.4, -0.2) is 25.7 Å². The zero-order valence-electron chi connectivity index (χ0n) is 15.7. The summed E-state index contributed by atoms with van der Waals surface area (Å²) in [7, 11) is -2.29. The lowest BCUT2D eigenvalue weighted by molar-refractivity contribution is 0.371. The molecule has 0 radical (unpaired) electrons. The number of nitrogens with zero attached hydrogens (tertiary/aromatic N) is 2. The highest BCUT2D eigenvalue weighted by molar-refractivity contribution is 7.89. The maximum Gasteiger partial charge on any atom is 0.279 e. The summed E-state index contributed by atoms with van der Waals surface area (Å²) in [6.07, 6.45) is 0.379. The largest absolute Gasteiger partial charge is 0.497 e. The monoisotopic (exact) mass is 410 g/mol. The fourth-order valence-corrected chi connectivity index (χ4v) is 4.76. The average Bonchev–Trinajstić information content (AvgIpc) is 3.21. The normalized spacial score (nSPS) is 16.6. The van der Waals surface area contributed by atoms with Crippen molar-refractivity contribution in [1.29, 1.82) is 0 Å². The third-order valence-corrected chi connectivity index (χ3v) is 6.53. The van der Waals surface area contributed by atoms with E-state index in [0.29, 0.717) is 23.4 Å². The van der Waals surface area contributed by atoms with Gasteiger partial charge in [-0.2, -0.15) is 17.9 Å². The van der Waals surface area contributed by atoms with Crippen molar-refractivity contribution >= 4 is 15.7 Å². The molecular weight excluding hydrogens is 391 g/mol. The van der Waals surface area contributed by atoms with Crippen molar-refractivity contribution < 1.29 is 17.5 Å². The van der Waals surface area contributed by atoms with Gasteiger partial charge in [0.1, 0.15) is 11.6 Å². The highest BCUT2D eigenvalue weighted by Gasteiger charge is 2.37. The highest BCUT2D eigenvalue weighted by Crippen LogP contribution is 2.37. The number of halogens is 1. The Kier molecular flexibility index (Phi) is 5.07. The SMILES string of the molecule is COc1ccc(C2=NN(S(=O)(=O)c3ccccc3)C(c3ccc(F)cc3)C2)cc1. The summed E-state index contributed by atoms with van der Waals surface area (Å²) in [6.45, 7) is 0. The summed E-state index contributed by atoms with van der Waals surface area (Å²) >= 11 is 0. The average molecular weight is 410 g/mol. The van der Waals surface area contributed by atoms with Crippen molar-refractivity contribution in [3.63, 3.8) is 0 Å². The minimum absolute atomic E-state index is 0.159. The fraction of sp³-hybridized carbons (Fsp3) is 0.136. The summed E-state index contributed by atoms with van der Waals surface area (Å²) in [4.78, 5) is 0.159. The first kappa shape index (κ1) is 19.1. The van der Waals surface area contributed by atoms with Gasteiger partial charge in [0, 0.05) is 6.42 Å². The Morgan fingerprint density at radius 2 is 1.62 bits per heavy atom. The van der Waals surface area contributed by atoms with Crippen LogP contribution in [-0.2, 0) is 10.0 Å². The molecule has 0 aromatic heterocycles. The van der Waals surface area contributed by atoms with Crippen LogP contribution in [0.25, 0.3) is 0 Å². The van der Waals surface area contributed by atoms with E-state index in [9.17, 15) is 12.8 Å². The van der Waals surface area contributed by atoms with Crippen LogP contribution >= 0.6 is 0 Å². The van der Waals surface area contributed by atoms with Gasteiger partial charge in [0.25, 0.3) is 10.0 Å². The highest BCUT2D eigenvalue weighted by atomic mass is 32.2. The van der Waals surface area contributed by atoms with Crippen molar-refractivity contribution in [3.05, 3.63) is 95.8 Å². The molecule has 0 aliphatic carbocycles. The molecule has 0 saturated carbocycles. The van der Waals surface area contributed by atoms with Crippen LogP contribution in [0.3, 0.4) is 0 Å². The zero-order chi connectivity index (χ0) is 20.4. The fourth-order valence-electron chi connectivity index (χ4n) is 3.30. The van der Waals surface area contributed by atoms with Crippen LogP contribution in [0.2, 0.25) is 0 Å². The first-order valence-corrected chi connectivity index (χ1v) is 10.5. The molecule has 29 heavy (non-hydrogen) atoms. The molecule has 0 spiro atoms. The zero-order valence-corrected chi connectivity index (χ0v) is 16.5. The molecule has 7 heteroatoms. The topological polar surface area (TPSA) is 59.0 Å². The van der Waals surface area contributed by atoms with Gasteiger partial charge in [-0.15, -0.1) is 0 Å². The van der Waals surface area contributed by atoms with Gasteiger partial charge in [0.15, 0.2) is 0 Å². The molecule has 1 unspecified atom stereocenters. The van der Waals surface area contributed by atoms with Gasteiger partial charge < -0.3 is 4.74 Å². The predicted octanol–water partition coefficient (Wildman–Crippen LogP) is 4.37. The van der Waals surface area contributed by atoms with Crippen molar-refractivity contribution in [2.45, 2.75) is 17.4 Å². The second-order valence-electron chi connectivity index (χ2n) is 6.64. The lowest BCUT2D eigenvalue weighted by atomic mass is 9.99. The van der Waals surface area contributed by atoms with Gasteiger partial charge in [0.05, 0.1) is 23.8 Å². The molecule has 1 aliphatic rings. The molecule has 0 fully saturated rings. The summed E-state index contributed by atoms with van der Waals surface area (Å²) < 4.78 is 46.3. The molecule has 148 valence electrons. The van der Waals surface area contributed by atoms with E-state index in [4.69, 9.17) is 4.74 Å². The molecule has 3 aromatic carbocycles. The molecule has 0 N–H and O–H groups in total. The van der Waals surface area contributed by atoms with Crippen molar-refractivity contribution in [1.82, 2.24) is 4.41 Å². The quantitative estimate of drug-likeness (QED) is 0.627. The van der Waals surface area contributed by atoms with Crippen molar-refractivity contribution in [2.75, 3.05) is 7.11 Å². The van der Waals surface area contributed by atoms with Gasteiger partial charge in [-0.05, 0) is 59.7 Å². The lowest BCUT2D eigenvalue weighted by Crippen LogP contribution is -2.27. The minimum atomic E-state index is -3.87. The van der Waals surface area contributed by atoms with Crippen LogP contribution in [0.1, 0.15) is 23.6 Å². The lowest BCUT2D eigenvalue weighted by Gasteiger charge is -2.23. The standard InChI is InChI=1S/C22H19FN2O3S/c1-28-19-13-9-16(10-14-19)21-15-22(17-7-11-18(23)12-8-17)25(24-21)29(26,27)20-5-3-2-4-6-20/h2-14,22H,15H2,1H3. The molecule has 4 rings (SSSR count). The number of hydrogen-bond acceptors (Lipinski definition) is 4. The van der Waals surface area contributed by atoms with Crippen LogP contribution in [0, 0.1) is 5.82 Å². The maximum absolute atomic E-state index is 13.4. The molecule has 5 nitrogen and oxygen atoms in total. The Morgan fingerprint density at radius 3 is 2.24 bits per heavy atom. The van der Waals surface area contributed by atoms with E-state index in [-0.39, 0.29) is 10.7 Å². The van der Waals surface area contributed by atoms with E-state index in [1.807, 2.05) is 12.1 Å². The van der Waals surface area contributed by atoms with Crippen LogP contribution in [0.4, 0.5) is 4.39 Å². The molecule has 1 atom stereocenters. The first-order chi connectivity index (χ1) is 14.0. The Balaban J connectivity index is 1.77. The van der Waals surface area contributed by atoms with Crippen LogP contribution < -0.4 is 4.74 Å². The summed E-state index contributed by atoms with van der Waals surface area (Å²) in [5, 5.41) is 4.47. The Bertz CT molecular complexity index is 1130. The van der Waals surface area contributed by atoms with E-state index in [1.54, 1.807) is 49.6 Å². The van der Waals surface area contributed by atoms with E-state index in [0.717, 1.165) is 9.98 Å². The predicted molar refractivity (Wildman–Crippen MR) is 109 cm³/mol. The third-order valence-electron chi connectivity index (χ3n) is 4.84. The Hall–Kier alpha value is -3.19. The number of hydrogen-bond donors (Lipinski definition) is 0. The van der Waals surface area contributed by atoms with Gasteiger partial charge >= 0.3 is 0 Å². The Labute approximate surface area is 169 Å². The molecule has 1 aliphatic heterocycles. The number of rotatable bonds is 5. The van der Waals surface area contributed by atoms with Crippen molar-refractivity contribution in [3.8, 4) is 5.75 Å². The smallest absolute Gasteiger partial charge is 0.279 e. The number of hydrazone groups is 1. The summed E-state index contributed by atoms with van der Waals surface area (Å²) in [5.41, 5.74) is 2.13. The first-order valence-electron chi connectivity index (χ1n) is 9.06. The van der Waals surface area contributed by atoms with Crippen LogP contribution in [0.15, 0.2) is 88.9 Å². The third kappa shape index (κ3) is 3.73. The van der Waals surface area contributed by atoms with Gasteiger partial charge in [-0.1, -0.05) is 30.3 Å². The minimum Gasteiger partial charge on any atom is -0.497 e. The Morgan fingerprint density at radius 1 is 0.966 bits per heavy atom. The molecule has 3 aromatic rings. The van der Waals surface area contributed by atoms with E-state index in [2.05, 4.69) is 5.10 Å². The molecular formula is C22H19FN2O3S. The number of ether oxygens (including phenoxy) is 1. The van der Waals surface area contributed by atoms with Crippen LogP contribution in [0.5, 0.6) is 5.75 Å². The molecule has 0 saturated heterocycles.